The average Bonchev–Trinajstić information content (AvgIpc) is 2.97. The third-order valence-electron chi connectivity index (χ3n) is 4.44. The van der Waals surface area contributed by atoms with E-state index in [9.17, 15) is 0 Å². The quantitative estimate of drug-likeness (QED) is 0.488. The van der Waals surface area contributed by atoms with E-state index in [4.69, 9.17) is 0 Å². The smallest absolute Gasteiger partial charge is 0.272 e. The number of hydrogen-bond donors (Lipinski definition) is 2. The molecule has 0 aliphatic rings. The Bertz CT molecular complexity index is 991. The Balaban J connectivity index is 1.87. The molecule has 25 heavy (non-hydrogen) atoms. The molecular formula is C21H19BrN3+. The molecule has 0 unspecified atom stereocenters. The Labute approximate surface area is 155 Å². The van der Waals surface area contributed by atoms with E-state index >= 15 is 0 Å². The number of H-pyrrole nitrogens is 2. The number of fused-ring (bicyclic) bond motifs is 1. The van der Waals surface area contributed by atoms with Gasteiger partial charge in [0.2, 0.25) is 0 Å². The van der Waals surface area contributed by atoms with Crippen LogP contribution in [0.3, 0.4) is 0 Å². The van der Waals surface area contributed by atoms with Gasteiger partial charge in [-0.05, 0) is 31.2 Å². The van der Waals surface area contributed by atoms with Crippen LogP contribution in [0.1, 0.15) is 22.9 Å². The lowest BCUT2D eigenvalue weighted by Gasteiger charge is -2.16. The van der Waals surface area contributed by atoms with Crippen molar-refractivity contribution in [1.82, 2.24) is 4.98 Å². The van der Waals surface area contributed by atoms with Crippen LogP contribution in [-0.4, -0.2) is 4.98 Å². The number of aryl methyl sites for hydroxylation is 1. The number of pyridine rings is 1. The number of rotatable bonds is 4. The Morgan fingerprint density at radius 3 is 2.48 bits per heavy atom. The monoisotopic (exact) mass is 392 g/mol. The maximum atomic E-state index is 3.66. The van der Waals surface area contributed by atoms with Gasteiger partial charge in [-0.2, -0.15) is 0 Å². The van der Waals surface area contributed by atoms with Gasteiger partial charge in [-0.3, -0.25) is 5.32 Å². The van der Waals surface area contributed by atoms with Crippen LogP contribution < -0.4 is 10.3 Å². The number of hydrogen-bond acceptors (Lipinski definition) is 1. The van der Waals surface area contributed by atoms with Crippen molar-refractivity contribution < 1.29 is 4.98 Å². The molecule has 3 nitrogen and oxygen atoms in total. The molecule has 0 aliphatic carbocycles. The fraction of sp³-hybridized carbons (Fsp3) is 0.0952. The number of aromatic amines is 2. The van der Waals surface area contributed by atoms with Gasteiger partial charge in [0.15, 0.2) is 0 Å². The molecule has 0 fully saturated rings. The van der Waals surface area contributed by atoms with Gasteiger partial charge in [-0.25, -0.2) is 4.98 Å². The average molecular weight is 393 g/mol. The zero-order valence-electron chi connectivity index (χ0n) is 13.9. The zero-order valence-corrected chi connectivity index (χ0v) is 15.5. The summed E-state index contributed by atoms with van der Waals surface area (Å²) in [7, 11) is 0. The summed E-state index contributed by atoms with van der Waals surface area (Å²) >= 11 is 3.53. The lowest BCUT2D eigenvalue weighted by atomic mass is 9.96. The molecule has 2 aromatic heterocycles. The van der Waals surface area contributed by atoms with E-state index in [1.807, 2.05) is 18.3 Å². The maximum absolute atomic E-state index is 3.66. The minimum atomic E-state index is 0.0444. The van der Waals surface area contributed by atoms with E-state index in [2.05, 4.69) is 92.7 Å². The lowest BCUT2D eigenvalue weighted by Crippen LogP contribution is -2.19. The van der Waals surface area contributed by atoms with Gasteiger partial charge in [0.1, 0.15) is 6.04 Å². The number of benzene rings is 2. The van der Waals surface area contributed by atoms with Crippen molar-refractivity contribution >= 4 is 32.7 Å². The molecule has 1 atom stereocenters. The highest BCUT2D eigenvalue weighted by Crippen LogP contribution is 2.34. The van der Waals surface area contributed by atoms with Crippen LogP contribution in [-0.2, 0) is 0 Å². The predicted molar refractivity (Wildman–Crippen MR) is 106 cm³/mol. The minimum absolute atomic E-state index is 0.0444. The van der Waals surface area contributed by atoms with Gasteiger partial charge in [0.25, 0.3) is 5.82 Å². The Morgan fingerprint density at radius 1 is 0.960 bits per heavy atom. The van der Waals surface area contributed by atoms with Crippen LogP contribution in [0, 0.1) is 6.92 Å². The SMILES string of the molecule is Cc1[nH]c2ccccc2c1[C@@H](Nc1cccc[nH+]1)c1ccc(Br)cc1. The third kappa shape index (κ3) is 3.17. The second kappa shape index (κ2) is 6.73. The molecular weight excluding hydrogens is 374 g/mol. The van der Waals surface area contributed by atoms with Gasteiger partial charge < -0.3 is 4.98 Å². The summed E-state index contributed by atoms with van der Waals surface area (Å²) in [5.41, 5.74) is 4.83. The number of para-hydroxylation sites is 1. The highest BCUT2D eigenvalue weighted by atomic mass is 79.9. The molecule has 4 heteroatoms. The Morgan fingerprint density at radius 2 is 1.72 bits per heavy atom. The van der Waals surface area contributed by atoms with Crippen molar-refractivity contribution in [3.8, 4) is 0 Å². The fourth-order valence-corrected chi connectivity index (χ4v) is 3.55. The molecule has 4 rings (SSSR count). The van der Waals surface area contributed by atoms with Gasteiger partial charge in [0, 0.05) is 38.3 Å². The van der Waals surface area contributed by atoms with E-state index in [1.54, 1.807) is 0 Å². The third-order valence-corrected chi connectivity index (χ3v) is 4.97. The second-order valence-electron chi connectivity index (χ2n) is 6.11. The Hall–Kier alpha value is -2.59. The van der Waals surface area contributed by atoms with Crippen LogP contribution in [0.5, 0.6) is 0 Å². The summed E-state index contributed by atoms with van der Waals surface area (Å²) in [5, 5.41) is 4.91. The van der Waals surface area contributed by atoms with Gasteiger partial charge in [0.05, 0.1) is 6.20 Å². The summed E-state index contributed by atoms with van der Waals surface area (Å²) in [6.45, 7) is 2.14. The number of anilines is 1. The van der Waals surface area contributed by atoms with Crippen molar-refractivity contribution in [2.45, 2.75) is 13.0 Å². The van der Waals surface area contributed by atoms with Crippen molar-refractivity contribution in [2.75, 3.05) is 5.32 Å². The van der Waals surface area contributed by atoms with Crippen molar-refractivity contribution in [1.29, 1.82) is 0 Å². The highest BCUT2D eigenvalue weighted by Gasteiger charge is 2.24. The molecule has 2 heterocycles. The Kier molecular flexibility index (Phi) is 4.28. The molecule has 0 amide bonds. The topological polar surface area (TPSA) is 42.0 Å². The molecule has 0 saturated heterocycles. The van der Waals surface area contributed by atoms with Crippen molar-refractivity contribution in [3.63, 3.8) is 0 Å². The van der Waals surface area contributed by atoms with Crippen LogP contribution in [0.2, 0.25) is 0 Å². The van der Waals surface area contributed by atoms with Gasteiger partial charge in [-0.15, -0.1) is 0 Å². The summed E-state index contributed by atoms with van der Waals surface area (Å²) < 4.78 is 1.08. The molecule has 4 aromatic rings. The van der Waals surface area contributed by atoms with E-state index in [0.717, 1.165) is 15.8 Å². The summed E-state index contributed by atoms with van der Waals surface area (Å²) in [5.74, 6) is 0.986. The lowest BCUT2D eigenvalue weighted by molar-refractivity contribution is -0.361. The van der Waals surface area contributed by atoms with Crippen LogP contribution in [0.15, 0.2) is 77.4 Å². The second-order valence-corrected chi connectivity index (χ2v) is 7.03. The van der Waals surface area contributed by atoms with Crippen molar-refractivity contribution in [3.05, 3.63) is 94.2 Å². The van der Waals surface area contributed by atoms with Crippen LogP contribution >= 0.6 is 15.9 Å². The summed E-state index contributed by atoms with van der Waals surface area (Å²) in [6.07, 6.45) is 1.93. The molecule has 0 radical (unpaired) electrons. The van der Waals surface area contributed by atoms with E-state index < -0.39 is 0 Å². The molecule has 0 spiro atoms. The summed E-state index contributed by atoms with van der Waals surface area (Å²) in [6, 6.07) is 23.1. The number of nitrogens with one attached hydrogen (secondary N) is 3. The first-order chi connectivity index (χ1) is 12.2. The first-order valence-electron chi connectivity index (χ1n) is 8.28. The molecule has 0 saturated carbocycles. The molecule has 3 N–H and O–H groups in total. The first-order valence-corrected chi connectivity index (χ1v) is 9.07. The fourth-order valence-electron chi connectivity index (χ4n) is 3.29. The van der Waals surface area contributed by atoms with E-state index in [-0.39, 0.29) is 6.04 Å². The largest absolute Gasteiger partial charge is 0.358 e. The van der Waals surface area contributed by atoms with E-state index in [0.29, 0.717) is 0 Å². The first kappa shape index (κ1) is 15.9. The number of aromatic nitrogens is 2. The van der Waals surface area contributed by atoms with Crippen LogP contribution in [0.4, 0.5) is 5.82 Å². The molecule has 124 valence electrons. The zero-order chi connectivity index (χ0) is 17.2. The van der Waals surface area contributed by atoms with Gasteiger partial charge in [-0.1, -0.05) is 52.3 Å². The van der Waals surface area contributed by atoms with Gasteiger partial charge >= 0.3 is 0 Å². The predicted octanol–water partition coefficient (Wildman–Crippen LogP) is 5.25. The molecule has 0 bridgehead atoms. The normalized spacial score (nSPS) is 12.2. The number of halogens is 1. The van der Waals surface area contributed by atoms with E-state index in [1.165, 1.54) is 22.2 Å². The maximum Gasteiger partial charge on any atom is 0.272 e. The molecule has 2 aromatic carbocycles. The highest BCUT2D eigenvalue weighted by molar-refractivity contribution is 9.10. The molecule has 0 aliphatic heterocycles. The van der Waals surface area contributed by atoms with Crippen molar-refractivity contribution in [2.24, 2.45) is 0 Å². The van der Waals surface area contributed by atoms with Crippen LogP contribution in [0.25, 0.3) is 10.9 Å². The minimum Gasteiger partial charge on any atom is -0.358 e. The standard InChI is InChI=1S/C21H18BrN3/c1-14-20(17-6-2-3-7-18(17)24-14)21(15-9-11-16(22)12-10-15)25-19-8-4-5-13-23-19/h2-13,21,24H,1H3,(H,23,25)/p+1/t21-/m0/s1. The summed E-state index contributed by atoms with van der Waals surface area (Å²) in [4.78, 5) is 6.79.